The first-order valence-corrected chi connectivity index (χ1v) is 3.01. The van der Waals surface area contributed by atoms with Gasteiger partial charge in [-0.05, 0) is 0 Å². The summed E-state index contributed by atoms with van der Waals surface area (Å²) in [5, 5.41) is 4.84. The van der Waals surface area contributed by atoms with Gasteiger partial charge in [-0.1, -0.05) is 0 Å². The average molecular weight is 143 g/mol. The zero-order valence-corrected chi connectivity index (χ0v) is 5.39. The van der Waals surface area contributed by atoms with E-state index < -0.39 is 6.04 Å². The minimum atomic E-state index is -0.541. The molecule has 0 bridgehead atoms. The summed E-state index contributed by atoms with van der Waals surface area (Å²) < 4.78 is 0. The molecule has 4 N–H and O–H groups in total. The van der Waals surface area contributed by atoms with Crippen LogP contribution in [0.5, 0.6) is 0 Å². The van der Waals surface area contributed by atoms with Gasteiger partial charge in [-0.2, -0.15) is 0 Å². The highest BCUT2D eigenvalue weighted by atomic mass is 16.2. The van der Waals surface area contributed by atoms with Crippen LogP contribution in [-0.2, 0) is 9.59 Å². The lowest BCUT2D eigenvalue weighted by Gasteiger charge is -2.21. The second-order valence-electron chi connectivity index (χ2n) is 2.07. The van der Waals surface area contributed by atoms with Gasteiger partial charge in [-0.15, -0.1) is 0 Å². The fourth-order valence-corrected chi connectivity index (χ4v) is 0.767. The van der Waals surface area contributed by atoms with Gasteiger partial charge in [-0.3, -0.25) is 9.59 Å². The van der Waals surface area contributed by atoms with Crippen LogP contribution in [-0.4, -0.2) is 30.9 Å². The van der Waals surface area contributed by atoms with Gasteiger partial charge in [0.25, 0.3) is 0 Å². The minimum Gasteiger partial charge on any atom is -0.345 e. The Balaban J connectivity index is 2.53. The molecule has 1 atom stereocenters. The van der Waals surface area contributed by atoms with E-state index in [0.717, 1.165) is 0 Å². The van der Waals surface area contributed by atoms with Crippen LogP contribution in [0.2, 0.25) is 0 Å². The van der Waals surface area contributed by atoms with Crippen LogP contribution < -0.4 is 16.4 Å². The van der Waals surface area contributed by atoms with Crippen LogP contribution in [0.25, 0.3) is 0 Å². The van der Waals surface area contributed by atoms with Gasteiger partial charge in [0.05, 0.1) is 6.54 Å². The molecule has 1 saturated heterocycles. The summed E-state index contributed by atoms with van der Waals surface area (Å²) in [5.74, 6) is -0.392. The number of amides is 2. The molecule has 1 fully saturated rings. The Hall–Kier alpha value is -1.10. The average Bonchev–Trinajstić information content (AvgIpc) is 1.94. The molecule has 1 aliphatic heterocycles. The van der Waals surface area contributed by atoms with Gasteiger partial charge in [0.1, 0.15) is 6.04 Å². The third kappa shape index (κ3) is 1.24. The molecule has 2 amide bonds. The quantitative estimate of drug-likeness (QED) is 0.381. The van der Waals surface area contributed by atoms with Crippen molar-refractivity contribution in [2.45, 2.75) is 6.04 Å². The zero-order chi connectivity index (χ0) is 7.56. The smallest absolute Gasteiger partial charge is 0.244 e. The van der Waals surface area contributed by atoms with Gasteiger partial charge in [0, 0.05) is 6.54 Å². The second kappa shape index (κ2) is 2.66. The lowest BCUT2D eigenvalue weighted by atomic mass is 10.2. The SMILES string of the molecule is NC[C@@H]1NC(=O)CNC1=O. The number of nitrogens with one attached hydrogen (secondary N) is 2. The fourth-order valence-electron chi connectivity index (χ4n) is 0.767. The van der Waals surface area contributed by atoms with E-state index in [1.807, 2.05) is 0 Å². The third-order valence-electron chi connectivity index (χ3n) is 1.31. The number of rotatable bonds is 1. The Morgan fingerprint density at radius 1 is 1.60 bits per heavy atom. The highest BCUT2D eigenvalue weighted by molar-refractivity contribution is 5.94. The van der Waals surface area contributed by atoms with E-state index in [2.05, 4.69) is 10.6 Å². The van der Waals surface area contributed by atoms with E-state index in [1.165, 1.54) is 0 Å². The molecule has 0 aromatic carbocycles. The zero-order valence-electron chi connectivity index (χ0n) is 5.39. The maximum absolute atomic E-state index is 10.8. The van der Waals surface area contributed by atoms with Crippen molar-refractivity contribution in [2.24, 2.45) is 5.73 Å². The Kier molecular flexibility index (Phi) is 1.86. The molecule has 0 saturated carbocycles. The minimum absolute atomic E-state index is 0.0648. The molecular weight excluding hydrogens is 134 g/mol. The molecule has 0 unspecified atom stereocenters. The molecule has 5 nitrogen and oxygen atoms in total. The molecule has 0 spiro atoms. The Labute approximate surface area is 58.0 Å². The Morgan fingerprint density at radius 2 is 2.30 bits per heavy atom. The molecule has 0 radical (unpaired) electrons. The second-order valence-corrected chi connectivity index (χ2v) is 2.07. The first-order chi connectivity index (χ1) is 4.74. The summed E-state index contributed by atoms with van der Waals surface area (Å²) >= 11 is 0. The van der Waals surface area contributed by atoms with Crippen LogP contribution in [0, 0.1) is 0 Å². The van der Waals surface area contributed by atoms with Gasteiger partial charge < -0.3 is 16.4 Å². The number of hydrogen-bond acceptors (Lipinski definition) is 3. The first kappa shape index (κ1) is 7.01. The fraction of sp³-hybridized carbons (Fsp3) is 0.600. The largest absolute Gasteiger partial charge is 0.345 e. The predicted octanol–water partition coefficient (Wildman–Crippen LogP) is -2.44. The number of hydrogen-bond donors (Lipinski definition) is 3. The van der Waals surface area contributed by atoms with E-state index in [4.69, 9.17) is 5.73 Å². The van der Waals surface area contributed by atoms with Crippen molar-refractivity contribution >= 4 is 11.8 Å². The van der Waals surface area contributed by atoms with Gasteiger partial charge in [-0.25, -0.2) is 0 Å². The summed E-state index contributed by atoms with van der Waals surface area (Å²) in [6.07, 6.45) is 0. The molecule has 5 heteroatoms. The monoisotopic (exact) mass is 143 g/mol. The van der Waals surface area contributed by atoms with Crippen molar-refractivity contribution in [2.75, 3.05) is 13.1 Å². The number of piperazine rings is 1. The topological polar surface area (TPSA) is 84.2 Å². The normalized spacial score (nSPS) is 25.5. The van der Waals surface area contributed by atoms with E-state index in [-0.39, 0.29) is 24.9 Å². The van der Waals surface area contributed by atoms with Gasteiger partial charge >= 0.3 is 0 Å². The summed E-state index contributed by atoms with van der Waals surface area (Å²) in [5.41, 5.74) is 5.18. The van der Waals surface area contributed by atoms with Crippen molar-refractivity contribution < 1.29 is 9.59 Å². The van der Waals surface area contributed by atoms with Gasteiger partial charge in [0.2, 0.25) is 11.8 Å². The highest BCUT2D eigenvalue weighted by Gasteiger charge is 2.23. The predicted molar refractivity (Wildman–Crippen MR) is 34.0 cm³/mol. The van der Waals surface area contributed by atoms with Crippen molar-refractivity contribution in [1.82, 2.24) is 10.6 Å². The van der Waals surface area contributed by atoms with E-state index in [9.17, 15) is 9.59 Å². The molecule has 1 rings (SSSR count). The Morgan fingerprint density at radius 3 is 2.80 bits per heavy atom. The lowest BCUT2D eigenvalue weighted by Crippen LogP contribution is -2.58. The van der Waals surface area contributed by atoms with E-state index >= 15 is 0 Å². The molecule has 0 aromatic rings. The highest BCUT2D eigenvalue weighted by Crippen LogP contribution is 1.86. The van der Waals surface area contributed by atoms with Crippen molar-refractivity contribution in [1.29, 1.82) is 0 Å². The van der Waals surface area contributed by atoms with E-state index in [0.29, 0.717) is 0 Å². The van der Waals surface area contributed by atoms with Gasteiger partial charge in [0.15, 0.2) is 0 Å². The number of carbonyl (C=O) groups is 2. The maximum atomic E-state index is 10.8. The lowest BCUT2D eigenvalue weighted by molar-refractivity contribution is -0.133. The van der Waals surface area contributed by atoms with Crippen LogP contribution >= 0.6 is 0 Å². The van der Waals surface area contributed by atoms with Crippen LogP contribution in [0.15, 0.2) is 0 Å². The number of nitrogens with two attached hydrogens (primary N) is 1. The standard InChI is InChI=1S/C5H9N3O2/c6-1-3-5(10)7-2-4(9)8-3/h3H,1-2,6H2,(H,7,10)(H,8,9)/t3-/m0/s1. The molecular formula is C5H9N3O2. The van der Waals surface area contributed by atoms with Crippen LogP contribution in [0.3, 0.4) is 0 Å². The summed E-state index contributed by atoms with van der Waals surface area (Å²) in [7, 11) is 0. The third-order valence-corrected chi connectivity index (χ3v) is 1.31. The molecule has 0 aromatic heterocycles. The van der Waals surface area contributed by atoms with Crippen molar-refractivity contribution in [3.05, 3.63) is 0 Å². The van der Waals surface area contributed by atoms with Crippen molar-refractivity contribution in [3.8, 4) is 0 Å². The van der Waals surface area contributed by atoms with Crippen molar-refractivity contribution in [3.63, 3.8) is 0 Å². The molecule has 1 heterocycles. The summed E-state index contributed by atoms with van der Waals surface area (Å²) in [6, 6.07) is -0.541. The number of carbonyl (C=O) groups excluding carboxylic acids is 2. The maximum Gasteiger partial charge on any atom is 0.244 e. The molecule has 0 aliphatic carbocycles. The van der Waals surface area contributed by atoms with Crippen LogP contribution in [0.4, 0.5) is 0 Å². The molecule has 56 valence electrons. The Bertz CT molecular complexity index is 168. The molecule has 10 heavy (non-hydrogen) atoms. The molecule has 1 aliphatic rings. The van der Waals surface area contributed by atoms with Crippen LogP contribution in [0.1, 0.15) is 0 Å². The first-order valence-electron chi connectivity index (χ1n) is 3.01. The summed E-state index contributed by atoms with van der Waals surface area (Å²) in [6.45, 7) is 0.215. The summed E-state index contributed by atoms with van der Waals surface area (Å²) in [4.78, 5) is 21.4. The van der Waals surface area contributed by atoms with E-state index in [1.54, 1.807) is 0 Å².